The second-order valence-electron chi connectivity index (χ2n) is 3.01. The second-order valence-corrected chi connectivity index (χ2v) is 3.80. The summed E-state index contributed by atoms with van der Waals surface area (Å²) in [4.78, 5) is 0. The molecular weight excluding hydrogens is 233 g/mol. The lowest BCUT2D eigenvalue weighted by atomic mass is 10.3. The molecule has 0 atom stereocenters. The van der Waals surface area contributed by atoms with Gasteiger partial charge in [0.15, 0.2) is 0 Å². The number of hydrogen-bond donors (Lipinski definition) is 1. The van der Waals surface area contributed by atoms with Crippen LogP contribution in [0.25, 0.3) is 5.69 Å². The van der Waals surface area contributed by atoms with E-state index in [1.165, 1.54) is 0 Å². The van der Waals surface area contributed by atoms with Gasteiger partial charge in [0, 0.05) is 12.7 Å². The molecule has 5 heteroatoms. The summed E-state index contributed by atoms with van der Waals surface area (Å²) >= 11 is 12.0. The quantitative estimate of drug-likeness (QED) is 0.879. The standard InChI is InChI=1S/C10H9Cl2N3/c11-8-2-1-3-9(10(8)12)15-7(6-13)4-5-14-15/h1-5H,6,13H2. The first-order valence-corrected chi connectivity index (χ1v) is 5.17. The first kappa shape index (κ1) is 10.5. The van der Waals surface area contributed by atoms with Crippen molar-refractivity contribution in [3.05, 3.63) is 46.2 Å². The van der Waals surface area contributed by atoms with E-state index >= 15 is 0 Å². The van der Waals surface area contributed by atoms with Crippen molar-refractivity contribution in [2.45, 2.75) is 6.54 Å². The minimum atomic E-state index is 0.406. The van der Waals surface area contributed by atoms with Crippen LogP contribution >= 0.6 is 23.2 Å². The van der Waals surface area contributed by atoms with Gasteiger partial charge in [-0.3, -0.25) is 0 Å². The molecule has 0 saturated heterocycles. The minimum Gasteiger partial charge on any atom is -0.325 e. The summed E-state index contributed by atoms with van der Waals surface area (Å²) < 4.78 is 1.69. The van der Waals surface area contributed by atoms with Gasteiger partial charge in [-0.25, -0.2) is 4.68 Å². The topological polar surface area (TPSA) is 43.8 Å². The lowest BCUT2D eigenvalue weighted by Gasteiger charge is -2.08. The molecule has 2 rings (SSSR count). The highest BCUT2D eigenvalue weighted by atomic mass is 35.5. The summed E-state index contributed by atoms with van der Waals surface area (Å²) in [7, 11) is 0. The molecule has 2 aromatic rings. The van der Waals surface area contributed by atoms with Crippen molar-refractivity contribution in [2.75, 3.05) is 0 Å². The smallest absolute Gasteiger partial charge is 0.0850 e. The van der Waals surface area contributed by atoms with E-state index in [0.29, 0.717) is 16.6 Å². The molecule has 0 fully saturated rings. The third-order valence-corrected chi connectivity index (χ3v) is 2.90. The highest BCUT2D eigenvalue weighted by molar-refractivity contribution is 6.43. The maximum absolute atomic E-state index is 6.08. The third-order valence-electron chi connectivity index (χ3n) is 2.09. The molecule has 0 aliphatic heterocycles. The second kappa shape index (κ2) is 4.23. The van der Waals surface area contributed by atoms with Crippen LogP contribution in [0.3, 0.4) is 0 Å². The molecule has 0 aliphatic rings. The fourth-order valence-electron chi connectivity index (χ4n) is 1.36. The summed E-state index contributed by atoms with van der Waals surface area (Å²) in [6, 6.07) is 7.25. The Labute approximate surface area is 97.4 Å². The first-order valence-electron chi connectivity index (χ1n) is 4.41. The highest BCUT2D eigenvalue weighted by Crippen LogP contribution is 2.28. The molecule has 1 heterocycles. The maximum atomic E-state index is 6.08. The van der Waals surface area contributed by atoms with Crippen molar-refractivity contribution >= 4 is 23.2 Å². The first-order chi connectivity index (χ1) is 7.24. The fourth-order valence-corrected chi connectivity index (χ4v) is 1.73. The van der Waals surface area contributed by atoms with E-state index in [2.05, 4.69) is 5.10 Å². The van der Waals surface area contributed by atoms with Crippen LogP contribution in [-0.4, -0.2) is 9.78 Å². The van der Waals surface area contributed by atoms with Crippen molar-refractivity contribution in [1.29, 1.82) is 0 Å². The van der Waals surface area contributed by atoms with Gasteiger partial charge in [-0.15, -0.1) is 0 Å². The van der Waals surface area contributed by atoms with E-state index in [0.717, 1.165) is 11.4 Å². The number of nitrogens with two attached hydrogens (primary N) is 1. The Bertz CT molecular complexity index is 479. The van der Waals surface area contributed by atoms with E-state index < -0.39 is 0 Å². The molecule has 1 aromatic heterocycles. The van der Waals surface area contributed by atoms with Gasteiger partial charge in [0.2, 0.25) is 0 Å². The summed E-state index contributed by atoms with van der Waals surface area (Å²) in [6.45, 7) is 0.406. The summed E-state index contributed by atoms with van der Waals surface area (Å²) in [5.74, 6) is 0. The van der Waals surface area contributed by atoms with Gasteiger partial charge < -0.3 is 5.73 Å². The number of nitrogens with zero attached hydrogens (tertiary/aromatic N) is 2. The van der Waals surface area contributed by atoms with Crippen LogP contribution in [0, 0.1) is 0 Å². The van der Waals surface area contributed by atoms with Crippen LogP contribution in [0.15, 0.2) is 30.5 Å². The zero-order chi connectivity index (χ0) is 10.8. The Hall–Kier alpha value is -1.03. The largest absolute Gasteiger partial charge is 0.325 e. The monoisotopic (exact) mass is 241 g/mol. The molecule has 0 aliphatic carbocycles. The van der Waals surface area contributed by atoms with E-state index in [1.807, 2.05) is 18.2 Å². The Morgan fingerprint density at radius 2 is 2.07 bits per heavy atom. The van der Waals surface area contributed by atoms with Gasteiger partial charge in [-0.1, -0.05) is 29.3 Å². The number of rotatable bonds is 2. The molecule has 2 N–H and O–H groups in total. The van der Waals surface area contributed by atoms with Crippen LogP contribution < -0.4 is 5.73 Å². The van der Waals surface area contributed by atoms with Gasteiger partial charge in [0.25, 0.3) is 0 Å². The minimum absolute atomic E-state index is 0.406. The van der Waals surface area contributed by atoms with Crippen molar-refractivity contribution in [3.8, 4) is 5.69 Å². The molecule has 78 valence electrons. The SMILES string of the molecule is NCc1ccnn1-c1cccc(Cl)c1Cl. The number of benzene rings is 1. The Kier molecular flexibility index (Phi) is 2.95. The van der Waals surface area contributed by atoms with E-state index in [1.54, 1.807) is 16.9 Å². The van der Waals surface area contributed by atoms with Gasteiger partial charge in [-0.2, -0.15) is 5.10 Å². The normalized spacial score (nSPS) is 10.6. The molecule has 0 saturated carbocycles. The van der Waals surface area contributed by atoms with Gasteiger partial charge in [0.05, 0.1) is 21.4 Å². The number of hydrogen-bond acceptors (Lipinski definition) is 2. The molecule has 0 spiro atoms. The van der Waals surface area contributed by atoms with Gasteiger partial charge >= 0.3 is 0 Å². The van der Waals surface area contributed by atoms with Gasteiger partial charge in [-0.05, 0) is 18.2 Å². The predicted octanol–water partition coefficient (Wildman–Crippen LogP) is 2.64. The average Bonchev–Trinajstić information content (AvgIpc) is 2.70. The average molecular weight is 242 g/mol. The Morgan fingerprint density at radius 3 is 2.80 bits per heavy atom. The molecule has 3 nitrogen and oxygen atoms in total. The van der Waals surface area contributed by atoms with Crippen molar-refractivity contribution in [3.63, 3.8) is 0 Å². The predicted molar refractivity (Wildman–Crippen MR) is 61.5 cm³/mol. The van der Waals surface area contributed by atoms with Crippen molar-refractivity contribution in [1.82, 2.24) is 9.78 Å². The molecule has 1 aromatic carbocycles. The zero-order valence-corrected chi connectivity index (χ0v) is 9.33. The van der Waals surface area contributed by atoms with Crippen molar-refractivity contribution < 1.29 is 0 Å². The Morgan fingerprint density at radius 1 is 1.27 bits per heavy atom. The van der Waals surface area contributed by atoms with E-state index in [-0.39, 0.29) is 0 Å². The fraction of sp³-hybridized carbons (Fsp3) is 0.100. The molecular formula is C10H9Cl2N3. The number of halogens is 2. The molecule has 0 unspecified atom stereocenters. The maximum Gasteiger partial charge on any atom is 0.0850 e. The molecule has 0 radical (unpaired) electrons. The van der Waals surface area contributed by atoms with E-state index in [9.17, 15) is 0 Å². The lowest BCUT2D eigenvalue weighted by molar-refractivity contribution is 0.804. The summed E-state index contributed by atoms with van der Waals surface area (Å²) in [5.41, 5.74) is 7.22. The molecule has 0 bridgehead atoms. The van der Waals surface area contributed by atoms with Crippen LogP contribution in [0.4, 0.5) is 0 Å². The van der Waals surface area contributed by atoms with Crippen LogP contribution in [0.2, 0.25) is 10.0 Å². The third kappa shape index (κ3) is 1.86. The van der Waals surface area contributed by atoms with Crippen LogP contribution in [-0.2, 0) is 6.54 Å². The lowest BCUT2D eigenvalue weighted by Crippen LogP contribution is -2.07. The number of aromatic nitrogens is 2. The van der Waals surface area contributed by atoms with Crippen LogP contribution in [0.1, 0.15) is 5.69 Å². The molecule has 15 heavy (non-hydrogen) atoms. The summed E-state index contributed by atoms with van der Waals surface area (Å²) in [5, 5.41) is 5.14. The zero-order valence-electron chi connectivity index (χ0n) is 7.82. The van der Waals surface area contributed by atoms with Crippen LogP contribution in [0.5, 0.6) is 0 Å². The van der Waals surface area contributed by atoms with E-state index in [4.69, 9.17) is 28.9 Å². The van der Waals surface area contributed by atoms with Gasteiger partial charge in [0.1, 0.15) is 0 Å². The van der Waals surface area contributed by atoms with Crippen molar-refractivity contribution in [2.24, 2.45) is 5.73 Å². The summed E-state index contributed by atoms with van der Waals surface area (Å²) in [6.07, 6.45) is 1.68. The Balaban J connectivity index is 2.59. The highest BCUT2D eigenvalue weighted by Gasteiger charge is 2.09. The molecule has 0 amide bonds.